The first-order valence-electron chi connectivity index (χ1n) is 9.05. The van der Waals surface area contributed by atoms with Crippen LogP contribution in [-0.2, 0) is 4.74 Å². The number of nitrogens with zero attached hydrogens (tertiary/aromatic N) is 6. The number of rotatable bonds is 5. The smallest absolute Gasteiger partial charge is 0.225 e. The van der Waals surface area contributed by atoms with E-state index in [9.17, 15) is 0 Å². The van der Waals surface area contributed by atoms with Crippen molar-refractivity contribution >= 4 is 17.4 Å². The Morgan fingerprint density at radius 2 is 2.00 bits per heavy atom. The van der Waals surface area contributed by atoms with Gasteiger partial charge in [0.05, 0.1) is 11.9 Å². The number of fused-ring (bicyclic) bond motifs is 1. The van der Waals surface area contributed by atoms with Gasteiger partial charge in [-0.05, 0) is 26.0 Å². The molecule has 4 heterocycles. The molecule has 0 saturated carbocycles. The average Bonchev–Trinajstić information content (AvgIpc) is 3.31. The molecular formula is C18H25N7O2. The molecule has 9 nitrogen and oxygen atoms in total. The topological polar surface area (TPSA) is 98.0 Å². The molecule has 0 aromatic carbocycles. The highest BCUT2D eigenvalue weighted by Crippen LogP contribution is 2.22. The summed E-state index contributed by atoms with van der Waals surface area (Å²) in [5.41, 5.74) is 6.64. The fraction of sp³-hybridized carbons (Fsp3) is 0.500. The molecule has 144 valence electrons. The molecule has 1 saturated heterocycles. The van der Waals surface area contributed by atoms with Crippen LogP contribution < -0.4 is 10.6 Å². The van der Waals surface area contributed by atoms with Crippen LogP contribution in [0.1, 0.15) is 13.8 Å². The molecule has 0 unspecified atom stereocenters. The molecule has 4 rings (SSSR count). The Balaban J connectivity index is 1.51. The summed E-state index contributed by atoms with van der Waals surface area (Å²) in [5, 5.41) is 4.39. The van der Waals surface area contributed by atoms with Crippen LogP contribution in [-0.4, -0.2) is 69.9 Å². The van der Waals surface area contributed by atoms with Gasteiger partial charge < -0.3 is 19.8 Å². The van der Waals surface area contributed by atoms with Gasteiger partial charge in [-0.1, -0.05) is 0 Å². The van der Waals surface area contributed by atoms with E-state index in [1.54, 1.807) is 24.0 Å². The molecule has 0 spiro atoms. The molecule has 0 radical (unpaired) electrons. The van der Waals surface area contributed by atoms with Crippen LogP contribution >= 0.6 is 0 Å². The first-order valence-corrected chi connectivity index (χ1v) is 9.05. The van der Waals surface area contributed by atoms with E-state index in [4.69, 9.17) is 14.9 Å². The Morgan fingerprint density at radius 3 is 2.67 bits per heavy atom. The molecule has 0 bridgehead atoms. The zero-order valence-electron chi connectivity index (χ0n) is 15.9. The van der Waals surface area contributed by atoms with Gasteiger partial charge in [0, 0.05) is 45.9 Å². The average molecular weight is 371 g/mol. The fourth-order valence-electron chi connectivity index (χ4n) is 3.31. The van der Waals surface area contributed by atoms with Crippen molar-refractivity contribution < 1.29 is 9.15 Å². The number of hydrogen-bond donors (Lipinski definition) is 1. The number of anilines is 2. The van der Waals surface area contributed by atoms with E-state index in [0.717, 1.165) is 38.5 Å². The molecule has 0 aliphatic carbocycles. The normalized spacial score (nSPS) is 16.3. The van der Waals surface area contributed by atoms with E-state index in [0.29, 0.717) is 23.2 Å². The summed E-state index contributed by atoms with van der Waals surface area (Å²) >= 11 is 0. The van der Waals surface area contributed by atoms with Gasteiger partial charge >= 0.3 is 0 Å². The summed E-state index contributed by atoms with van der Waals surface area (Å²) in [4.78, 5) is 13.7. The van der Waals surface area contributed by atoms with E-state index < -0.39 is 0 Å². The number of nitrogen functional groups attached to an aromatic ring is 1. The molecular weight excluding hydrogens is 346 g/mol. The Bertz CT molecular complexity index is 911. The lowest BCUT2D eigenvalue weighted by Crippen LogP contribution is -2.51. The second kappa shape index (κ2) is 6.82. The maximum absolute atomic E-state index is 6.12. The van der Waals surface area contributed by atoms with Gasteiger partial charge in [-0.3, -0.25) is 4.90 Å². The molecule has 0 amide bonds. The third kappa shape index (κ3) is 3.60. The van der Waals surface area contributed by atoms with Crippen LogP contribution in [0.4, 0.5) is 11.8 Å². The monoisotopic (exact) mass is 371 g/mol. The number of hydrogen-bond acceptors (Lipinski definition) is 8. The Kier molecular flexibility index (Phi) is 4.48. The second-order valence-corrected chi connectivity index (χ2v) is 7.38. The van der Waals surface area contributed by atoms with Gasteiger partial charge in [0.1, 0.15) is 5.82 Å². The maximum atomic E-state index is 6.12. The van der Waals surface area contributed by atoms with Crippen LogP contribution in [0, 0.1) is 0 Å². The summed E-state index contributed by atoms with van der Waals surface area (Å²) in [7, 11) is 1.76. The predicted molar refractivity (Wildman–Crippen MR) is 103 cm³/mol. The van der Waals surface area contributed by atoms with Crippen molar-refractivity contribution in [2.24, 2.45) is 0 Å². The van der Waals surface area contributed by atoms with Crippen LogP contribution in [0.15, 0.2) is 28.9 Å². The highest BCUT2D eigenvalue weighted by atomic mass is 16.5. The first-order chi connectivity index (χ1) is 12.9. The molecule has 9 heteroatoms. The van der Waals surface area contributed by atoms with E-state index in [1.807, 2.05) is 12.1 Å². The Labute approximate surface area is 157 Å². The zero-order valence-corrected chi connectivity index (χ0v) is 15.9. The van der Waals surface area contributed by atoms with Crippen LogP contribution in [0.2, 0.25) is 0 Å². The van der Waals surface area contributed by atoms with Crippen molar-refractivity contribution in [1.29, 1.82) is 0 Å². The molecule has 1 aliphatic heterocycles. The number of aromatic nitrogens is 4. The summed E-state index contributed by atoms with van der Waals surface area (Å²) in [6.45, 7) is 8.77. The van der Waals surface area contributed by atoms with Crippen molar-refractivity contribution in [2.75, 3.05) is 50.5 Å². The molecule has 1 aliphatic rings. The standard InChI is InChI=1S/C18H25N7O2/c1-18(2,26-3)12-23-6-8-24(9-7-23)14-11-15-20-16(13-5-4-10-27-13)22-25(15)17(19)21-14/h4-5,10-11H,6-9,12H2,1-3H3,(H2,19,21). The van der Waals surface area contributed by atoms with Gasteiger partial charge in [0.25, 0.3) is 0 Å². The summed E-state index contributed by atoms with van der Waals surface area (Å²) in [6.07, 6.45) is 1.60. The molecule has 3 aromatic heterocycles. The molecule has 3 aromatic rings. The van der Waals surface area contributed by atoms with Gasteiger partial charge in [-0.2, -0.15) is 9.50 Å². The van der Waals surface area contributed by atoms with Gasteiger partial charge in [0.2, 0.25) is 11.8 Å². The summed E-state index contributed by atoms with van der Waals surface area (Å²) in [5.74, 6) is 2.24. The lowest BCUT2D eigenvalue weighted by atomic mass is 10.1. The van der Waals surface area contributed by atoms with Crippen LogP contribution in [0.25, 0.3) is 17.2 Å². The van der Waals surface area contributed by atoms with Crippen molar-refractivity contribution in [1.82, 2.24) is 24.5 Å². The zero-order chi connectivity index (χ0) is 19.0. The van der Waals surface area contributed by atoms with Crippen molar-refractivity contribution in [3.05, 3.63) is 24.5 Å². The molecule has 1 fully saturated rings. The lowest BCUT2D eigenvalue weighted by Gasteiger charge is -2.38. The van der Waals surface area contributed by atoms with Crippen LogP contribution in [0.5, 0.6) is 0 Å². The van der Waals surface area contributed by atoms with Crippen molar-refractivity contribution in [3.63, 3.8) is 0 Å². The predicted octanol–water partition coefficient (Wildman–Crippen LogP) is 1.51. The van der Waals surface area contributed by atoms with Crippen LogP contribution in [0.3, 0.4) is 0 Å². The molecule has 2 N–H and O–H groups in total. The van der Waals surface area contributed by atoms with E-state index in [-0.39, 0.29) is 5.60 Å². The lowest BCUT2D eigenvalue weighted by molar-refractivity contribution is -0.00856. The highest BCUT2D eigenvalue weighted by molar-refractivity contribution is 5.59. The highest BCUT2D eigenvalue weighted by Gasteiger charge is 2.25. The first kappa shape index (κ1) is 17.7. The number of piperazine rings is 1. The quantitative estimate of drug-likeness (QED) is 0.721. The Hall–Kier alpha value is -2.65. The molecule has 27 heavy (non-hydrogen) atoms. The van der Waals surface area contributed by atoms with E-state index in [2.05, 4.69) is 38.7 Å². The summed E-state index contributed by atoms with van der Waals surface area (Å²) in [6, 6.07) is 5.54. The number of methoxy groups -OCH3 is 1. The van der Waals surface area contributed by atoms with Gasteiger partial charge in [0.15, 0.2) is 11.4 Å². The third-order valence-electron chi connectivity index (χ3n) is 4.93. The minimum absolute atomic E-state index is 0.145. The largest absolute Gasteiger partial charge is 0.461 e. The van der Waals surface area contributed by atoms with Crippen molar-refractivity contribution in [3.8, 4) is 11.6 Å². The maximum Gasteiger partial charge on any atom is 0.225 e. The fourth-order valence-corrected chi connectivity index (χ4v) is 3.31. The second-order valence-electron chi connectivity index (χ2n) is 7.38. The van der Waals surface area contributed by atoms with E-state index >= 15 is 0 Å². The number of ether oxygens (including phenoxy) is 1. The van der Waals surface area contributed by atoms with Crippen molar-refractivity contribution in [2.45, 2.75) is 19.4 Å². The minimum atomic E-state index is -0.145. The van der Waals surface area contributed by atoms with Gasteiger partial charge in [-0.15, -0.1) is 5.10 Å². The van der Waals surface area contributed by atoms with E-state index in [1.165, 1.54) is 0 Å². The SMILES string of the molecule is COC(C)(C)CN1CCN(c2cc3nc(-c4ccco4)nn3c(N)n2)CC1. The van der Waals surface area contributed by atoms with Gasteiger partial charge in [-0.25, -0.2) is 4.98 Å². The molecule has 0 atom stereocenters. The number of nitrogens with two attached hydrogens (primary N) is 1. The number of furan rings is 1. The summed E-state index contributed by atoms with van der Waals surface area (Å²) < 4.78 is 12.4. The Morgan fingerprint density at radius 1 is 1.22 bits per heavy atom. The minimum Gasteiger partial charge on any atom is -0.461 e. The third-order valence-corrected chi connectivity index (χ3v) is 4.93.